The molecule has 0 aromatic carbocycles. The molecule has 1 aliphatic rings. The van der Waals surface area contributed by atoms with Crippen LogP contribution in [-0.4, -0.2) is 35.1 Å². The standard InChI is InChI=1S/C12H15F3N4O/c13-12(14,15)8-3-2-6-19(7-8)11(20)9-4-1-5-10(17-9)18-16/h1,4-5,8H,2-3,6-7,16H2,(H,17,18). The summed E-state index contributed by atoms with van der Waals surface area (Å²) in [5.41, 5.74) is 2.38. The summed E-state index contributed by atoms with van der Waals surface area (Å²) in [6, 6.07) is 4.59. The van der Waals surface area contributed by atoms with Crippen LogP contribution in [0.1, 0.15) is 23.3 Å². The van der Waals surface area contributed by atoms with Crippen LogP contribution in [0.25, 0.3) is 0 Å². The molecule has 3 N–H and O–H groups in total. The first-order valence-electron chi connectivity index (χ1n) is 6.21. The van der Waals surface area contributed by atoms with Crippen molar-refractivity contribution in [3.8, 4) is 0 Å². The molecule has 1 aromatic heterocycles. The van der Waals surface area contributed by atoms with Crippen molar-refractivity contribution in [3.63, 3.8) is 0 Å². The second kappa shape index (κ2) is 5.66. The van der Waals surface area contributed by atoms with E-state index in [0.29, 0.717) is 18.8 Å². The summed E-state index contributed by atoms with van der Waals surface area (Å²) in [6.07, 6.45) is -3.87. The van der Waals surface area contributed by atoms with Gasteiger partial charge in [-0.15, -0.1) is 0 Å². The summed E-state index contributed by atoms with van der Waals surface area (Å²) in [5.74, 6) is 3.52. The van der Waals surface area contributed by atoms with Gasteiger partial charge < -0.3 is 10.3 Å². The van der Waals surface area contributed by atoms with Crippen molar-refractivity contribution in [2.45, 2.75) is 19.0 Å². The van der Waals surface area contributed by atoms with Gasteiger partial charge in [0.25, 0.3) is 5.91 Å². The summed E-state index contributed by atoms with van der Waals surface area (Å²) in [6.45, 7) is -0.00231. The lowest BCUT2D eigenvalue weighted by Crippen LogP contribution is -2.44. The van der Waals surface area contributed by atoms with Crippen molar-refractivity contribution in [2.75, 3.05) is 18.5 Å². The first-order chi connectivity index (χ1) is 9.41. The summed E-state index contributed by atoms with van der Waals surface area (Å²) in [5, 5.41) is 0. The summed E-state index contributed by atoms with van der Waals surface area (Å²) < 4.78 is 38.2. The molecule has 1 saturated heterocycles. The van der Waals surface area contributed by atoms with Gasteiger partial charge >= 0.3 is 6.18 Å². The molecule has 0 aliphatic carbocycles. The van der Waals surface area contributed by atoms with Crippen molar-refractivity contribution >= 4 is 11.7 Å². The molecule has 1 atom stereocenters. The molecule has 0 bridgehead atoms. The minimum absolute atomic E-state index is 0.0606. The second-order valence-corrected chi connectivity index (χ2v) is 4.68. The van der Waals surface area contributed by atoms with E-state index in [1.165, 1.54) is 11.0 Å². The van der Waals surface area contributed by atoms with E-state index in [4.69, 9.17) is 5.84 Å². The van der Waals surface area contributed by atoms with E-state index in [1.54, 1.807) is 12.1 Å². The van der Waals surface area contributed by atoms with Crippen molar-refractivity contribution in [3.05, 3.63) is 23.9 Å². The Morgan fingerprint density at radius 1 is 1.45 bits per heavy atom. The third-order valence-electron chi connectivity index (χ3n) is 3.29. The number of nitrogen functional groups attached to an aromatic ring is 1. The van der Waals surface area contributed by atoms with Gasteiger partial charge in [-0.1, -0.05) is 6.07 Å². The molecule has 110 valence electrons. The van der Waals surface area contributed by atoms with Crippen molar-refractivity contribution < 1.29 is 18.0 Å². The molecule has 1 unspecified atom stereocenters. The summed E-state index contributed by atoms with van der Waals surface area (Å²) in [4.78, 5) is 17.3. The fraction of sp³-hybridized carbons (Fsp3) is 0.500. The highest BCUT2D eigenvalue weighted by atomic mass is 19.4. The van der Waals surface area contributed by atoms with E-state index in [2.05, 4.69) is 10.4 Å². The molecule has 2 heterocycles. The number of alkyl halides is 3. The molecular formula is C12H15F3N4O. The number of hydrogen-bond donors (Lipinski definition) is 2. The van der Waals surface area contributed by atoms with Crippen LogP contribution in [0.3, 0.4) is 0 Å². The molecule has 8 heteroatoms. The molecule has 20 heavy (non-hydrogen) atoms. The molecule has 2 rings (SSSR count). The smallest absolute Gasteiger partial charge is 0.337 e. The highest BCUT2D eigenvalue weighted by Crippen LogP contribution is 2.33. The van der Waals surface area contributed by atoms with Crippen LogP contribution in [0.2, 0.25) is 0 Å². The minimum atomic E-state index is -4.27. The number of hydrogen-bond acceptors (Lipinski definition) is 4. The van der Waals surface area contributed by atoms with Gasteiger partial charge in [-0.3, -0.25) is 4.79 Å². The van der Waals surface area contributed by atoms with Crippen LogP contribution >= 0.6 is 0 Å². The number of likely N-dealkylation sites (tertiary alicyclic amines) is 1. The van der Waals surface area contributed by atoms with Gasteiger partial charge in [0.15, 0.2) is 0 Å². The maximum Gasteiger partial charge on any atom is 0.393 e. The lowest BCUT2D eigenvalue weighted by Gasteiger charge is -2.33. The Morgan fingerprint density at radius 2 is 2.20 bits per heavy atom. The molecular weight excluding hydrogens is 273 g/mol. The average molecular weight is 288 g/mol. The number of hydrazine groups is 1. The Labute approximate surface area is 113 Å². The summed E-state index contributed by atoms with van der Waals surface area (Å²) in [7, 11) is 0. The lowest BCUT2D eigenvalue weighted by atomic mass is 9.97. The van der Waals surface area contributed by atoms with E-state index in [-0.39, 0.29) is 18.7 Å². The molecule has 1 amide bonds. The number of halogens is 3. The van der Waals surface area contributed by atoms with Crippen LogP contribution in [0.15, 0.2) is 18.2 Å². The number of amides is 1. The van der Waals surface area contributed by atoms with Crippen LogP contribution in [-0.2, 0) is 0 Å². The molecule has 1 fully saturated rings. The number of rotatable bonds is 2. The maximum atomic E-state index is 12.7. The minimum Gasteiger partial charge on any atom is -0.337 e. The second-order valence-electron chi connectivity index (χ2n) is 4.68. The Balaban J connectivity index is 2.12. The predicted octanol–water partition coefficient (Wildman–Crippen LogP) is 1.78. The van der Waals surface area contributed by atoms with E-state index in [1.807, 2.05) is 0 Å². The molecule has 5 nitrogen and oxygen atoms in total. The van der Waals surface area contributed by atoms with Gasteiger partial charge in [-0.05, 0) is 25.0 Å². The topological polar surface area (TPSA) is 71.2 Å². The van der Waals surface area contributed by atoms with Gasteiger partial charge in [0.05, 0.1) is 5.92 Å². The third kappa shape index (κ3) is 3.19. The van der Waals surface area contributed by atoms with Crippen LogP contribution in [0.5, 0.6) is 0 Å². The molecule has 0 saturated carbocycles. The van der Waals surface area contributed by atoms with E-state index in [0.717, 1.165) is 0 Å². The first kappa shape index (κ1) is 14.6. The number of aromatic nitrogens is 1. The molecule has 1 aliphatic heterocycles. The Hall–Kier alpha value is -1.83. The van der Waals surface area contributed by atoms with Gasteiger partial charge in [0.2, 0.25) is 0 Å². The average Bonchev–Trinajstić information content (AvgIpc) is 2.46. The number of pyridine rings is 1. The largest absolute Gasteiger partial charge is 0.393 e. The van der Waals surface area contributed by atoms with Crippen LogP contribution in [0, 0.1) is 5.92 Å². The zero-order chi connectivity index (χ0) is 14.8. The van der Waals surface area contributed by atoms with E-state index >= 15 is 0 Å². The highest BCUT2D eigenvalue weighted by Gasteiger charge is 2.42. The van der Waals surface area contributed by atoms with Gasteiger partial charge in [-0.25, -0.2) is 10.8 Å². The normalized spacial score (nSPS) is 19.8. The monoisotopic (exact) mass is 288 g/mol. The van der Waals surface area contributed by atoms with Gasteiger partial charge in [0.1, 0.15) is 11.5 Å². The van der Waals surface area contributed by atoms with Crippen molar-refractivity contribution in [1.29, 1.82) is 0 Å². The predicted molar refractivity (Wildman–Crippen MR) is 66.7 cm³/mol. The Kier molecular flexibility index (Phi) is 4.12. The van der Waals surface area contributed by atoms with Gasteiger partial charge in [0, 0.05) is 13.1 Å². The number of piperidine rings is 1. The van der Waals surface area contributed by atoms with Crippen molar-refractivity contribution in [1.82, 2.24) is 9.88 Å². The number of nitrogens with zero attached hydrogens (tertiary/aromatic N) is 2. The maximum absolute atomic E-state index is 12.7. The van der Waals surface area contributed by atoms with E-state index < -0.39 is 18.0 Å². The quantitative estimate of drug-likeness (QED) is 0.643. The molecule has 1 aromatic rings. The lowest BCUT2D eigenvalue weighted by molar-refractivity contribution is -0.184. The number of nitrogens with one attached hydrogen (secondary N) is 1. The molecule has 0 radical (unpaired) electrons. The van der Waals surface area contributed by atoms with Crippen molar-refractivity contribution in [2.24, 2.45) is 11.8 Å². The Morgan fingerprint density at radius 3 is 2.85 bits per heavy atom. The highest BCUT2D eigenvalue weighted by molar-refractivity contribution is 5.92. The number of carbonyl (C=O) groups is 1. The van der Waals surface area contributed by atoms with Gasteiger partial charge in [-0.2, -0.15) is 13.2 Å². The number of carbonyl (C=O) groups excluding carboxylic acids is 1. The fourth-order valence-corrected chi connectivity index (χ4v) is 2.22. The first-order valence-corrected chi connectivity index (χ1v) is 6.21. The van der Waals surface area contributed by atoms with E-state index in [9.17, 15) is 18.0 Å². The SMILES string of the molecule is NNc1cccc(C(=O)N2CCCC(C(F)(F)F)C2)n1. The zero-order valence-corrected chi connectivity index (χ0v) is 10.7. The number of nitrogens with two attached hydrogens (primary N) is 1. The van der Waals surface area contributed by atoms with Crippen LogP contribution in [0.4, 0.5) is 19.0 Å². The zero-order valence-electron chi connectivity index (χ0n) is 10.7. The third-order valence-corrected chi connectivity index (χ3v) is 3.29. The fourth-order valence-electron chi connectivity index (χ4n) is 2.22. The molecule has 0 spiro atoms. The number of anilines is 1. The summed E-state index contributed by atoms with van der Waals surface area (Å²) >= 11 is 0. The van der Waals surface area contributed by atoms with Crippen LogP contribution < -0.4 is 11.3 Å². The Bertz CT molecular complexity index is 492.